The lowest BCUT2D eigenvalue weighted by Gasteiger charge is -2.22. The number of ether oxygens (including phenoxy) is 2. The Bertz CT molecular complexity index is 1110. The fourth-order valence-corrected chi connectivity index (χ4v) is 4.77. The third-order valence-electron chi connectivity index (χ3n) is 5.54. The molecule has 1 unspecified atom stereocenters. The SMILES string of the molecule is Cc1nc(-c2ccc(OCC(=O)NCC3CCCCO3)cc2)sc1-c1ccc(C(F)(F)F)cc1. The van der Waals surface area contributed by atoms with Gasteiger partial charge in [0.1, 0.15) is 10.8 Å². The summed E-state index contributed by atoms with van der Waals surface area (Å²) in [6, 6.07) is 12.3. The molecular formula is C25H25F3N2O3S. The first-order valence-electron chi connectivity index (χ1n) is 11.1. The molecule has 1 saturated heterocycles. The minimum atomic E-state index is -4.36. The number of carbonyl (C=O) groups excluding carboxylic acids is 1. The molecule has 4 rings (SSSR count). The van der Waals surface area contributed by atoms with Crippen molar-refractivity contribution in [1.29, 1.82) is 0 Å². The largest absolute Gasteiger partial charge is 0.484 e. The van der Waals surface area contributed by atoms with Crippen LogP contribution in [0.1, 0.15) is 30.5 Å². The van der Waals surface area contributed by atoms with Crippen LogP contribution in [0.15, 0.2) is 48.5 Å². The van der Waals surface area contributed by atoms with Crippen molar-refractivity contribution in [3.8, 4) is 26.8 Å². The molecule has 1 aliphatic rings. The number of benzene rings is 2. The van der Waals surface area contributed by atoms with Crippen LogP contribution in [0.5, 0.6) is 5.75 Å². The highest BCUT2D eigenvalue weighted by molar-refractivity contribution is 7.18. The molecule has 180 valence electrons. The molecule has 0 bridgehead atoms. The highest BCUT2D eigenvalue weighted by atomic mass is 32.1. The van der Waals surface area contributed by atoms with Gasteiger partial charge in [0.25, 0.3) is 5.91 Å². The molecule has 2 aromatic carbocycles. The lowest BCUT2D eigenvalue weighted by atomic mass is 10.1. The molecule has 0 aliphatic carbocycles. The van der Waals surface area contributed by atoms with Gasteiger partial charge in [-0.25, -0.2) is 4.98 Å². The first-order chi connectivity index (χ1) is 16.3. The van der Waals surface area contributed by atoms with Crippen LogP contribution >= 0.6 is 11.3 Å². The van der Waals surface area contributed by atoms with Crippen molar-refractivity contribution in [2.24, 2.45) is 0 Å². The van der Waals surface area contributed by atoms with Crippen LogP contribution in [-0.2, 0) is 15.7 Å². The molecule has 1 atom stereocenters. The van der Waals surface area contributed by atoms with Gasteiger partial charge in [-0.3, -0.25) is 4.79 Å². The van der Waals surface area contributed by atoms with E-state index in [4.69, 9.17) is 9.47 Å². The highest BCUT2D eigenvalue weighted by Gasteiger charge is 2.30. The number of rotatable bonds is 7. The summed E-state index contributed by atoms with van der Waals surface area (Å²) < 4.78 is 49.7. The Morgan fingerprint density at radius 1 is 1.12 bits per heavy atom. The highest BCUT2D eigenvalue weighted by Crippen LogP contribution is 2.37. The van der Waals surface area contributed by atoms with Crippen LogP contribution in [0.2, 0.25) is 0 Å². The van der Waals surface area contributed by atoms with Crippen LogP contribution < -0.4 is 10.1 Å². The number of hydrogen-bond acceptors (Lipinski definition) is 5. The molecule has 5 nitrogen and oxygen atoms in total. The summed E-state index contributed by atoms with van der Waals surface area (Å²) >= 11 is 1.41. The van der Waals surface area contributed by atoms with E-state index in [1.54, 1.807) is 12.1 Å². The summed E-state index contributed by atoms with van der Waals surface area (Å²) in [5, 5.41) is 3.59. The van der Waals surface area contributed by atoms with Crippen molar-refractivity contribution in [1.82, 2.24) is 10.3 Å². The van der Waals surface area contributed by atoms with Gasteiger partial charge in [0.15, 0.2) is 6.61 Å². The third kappa shape index (κ3) is 6.15. The first kappa shape index (κ1) is 24.2. The number of alkyl halides is 3. The quantitative estimate of drug-likeness (QED) is 0.450. The molecule has 34 heavy (non-hydrogen) atoms. The summed E-state index contributed by atoms with van der Waals surface area (Å²) in [5.74, 6) is 0.360. The van der Waals surface area contributed by atoms with E-state index in [1.165, 1.54) is 23.5 Å². The minimum absolute atomic E-state index is 0.0752. The summed E-state index contributed by atoms with van der Waals surface area (Å²) in [7, 11) is 0. The fourth-order valence-electron chi connectivity index (χ4n) is 3.69. The standard InChI is InChI=1S/C25H25F3N2O3S/c1-16-23(17-5-9-19(10-6-17)25(26,27)28)34-24(30-16)18-7-11-20(12-8-18)33-15-22(31)29-14-21-4-2-3-13-32-21/h5-12,21H,2-4,13-15H2,1H3,(H,29,31). The van der Waals surface area contributed by atoms with Crippen LogP contribution in [0.3, 0.4) is 0 Å². The summed E-state index contributed by atoms with van der Waals surface area (Å²) in [6.45, 7) is 2.99. The van der Waals surface area contributed by atoms with Gasteiger partial charge >= 0.3 is 6.18 Å². The van der Waals surface area contributed by atoms with Crippen LogP contribution in [0.4, 0.5) is 13.2 Å². The van der Waals surface area contributed by atoms with E-state index in [0.29, 0.717) is 17.9 Å². The number of amides is 1. The number of aryl methyl sites for hydroxylation is 1. The Hall–Kier alpha value is -2.91. The molecule has 1 aliphatic heterocycles. The molecule has 1 amide bonds. The molecule has 2 heterocycles. The normalized spacial score (nSPS) is 16.3. The number of hydrogen-bond donors (Lipinski definition) is 1. The molecule has 1 aromatic heterocycles. The number of halogens is 3. The molecule has 0 spiro atoms. The van der Waals surface area contributed by atoms with Crippen molar-refractivity contribution < 1.29 is 27.4 Å². The molecule has 0 radical (unpaired) electrons. The van der Waals surface area contributed by atoms with Gasteiger partial charge in [-0.05, 0) is 68.1 Å². The molecule has 9 heteroatoms. The van der Waals surface area contributed by atoms with Gasteiger partial charge in [0, 0.05) is 18.7 Å². The molecular weight excluding hydrogens is 465 g/mol. The number of nitrogens with one attached hydrogen (secondary N) is 1. The number of thiazole rings is 1. The Morgan fingerprint density at radius 2 is 1.82 bits per heavy atom. The number of nitrogens with zero attached hydrogens (tertiary/aromatic N) is 1. The lowest BCUT2D eigenvalue weighted by Crippen LogP contribution is -2.37. The zero-order valence-corrected chi connectivity index (χ0v) is 19.5. The van der Waals surface area contributed by atoms with Gasteiger partial charge in [0.2, 0.25) is 0 Å². The first-order valence-corrected chi connectivity index (χ1v) is 11.9. The molecule has 1 N–H and O–H groups in total. The van der Waals surface area contributed by atoms with Crippen LogP contribution in [-0.4, -0.2) is 36.8 Å². The third-order valence-corrected chi connectivity index (χ3v) is 6.80. The Kier molecular flexibility index (Phi) is 7.53. The van der Waals surface area contributed by atoms with E-state index in [9.17, 15) is 18.0 Å². The fraction of sp³-hybridized carbons (Fsp3) is 0.360. The van der Waals surface area contributed by atoms with E-state index in [2.05, 4.69) is 10.3 Å². The summed E-state index contributed by atoms with van der Waals surface area (Å²) in [4.78, 5) is 17.4. The Morgan fingerprint density at radius 3 is 2.47 bits per heavy atom. The number of carbonyl (C=O) groups is 1. The van der Waals surface area contributed by atoms with Crippen molar-refractivity contribution in [3.63, 3.8) is 0 Å². The summed E-state index contributed by atoms with van der Waals surface area (Å²) in [5.41, 5.74) is 1.63. The van der Waals surface area contributed by atoms with Crippen LogP contribution in [0, 0.1) is 6.92 Å². The van der Waals surface area contributed by atoms with E-state index in [0.717, 1.165) is 59.1 Å². The zero-order chi connectivity index (χ0) is 24.1. The van der Waals surface area contributed by atoms with Crippen molar-refractivity contribution >= 4 is 17.2 Å². The molecule has 1 fully saturated rings. The zero-order valence-electron chi connectivity index (χ0n) is 18.7. The van der Waals surface area contributed by atoms with Gasteiger partial charge < -0.3 is 14.8 Å². The van der Waals surface area contributed by atoms with Crippen molar-refractivity contribution in [3.05, 3.63) is 59.8 Å². The predicted molar refractivity (Wildman–Crippen MR) is 125 cm³/mol. The van der Waals surface area contributed by atoms with Gasteiger partial charge in [-0.1, -0.05) is 12.1 Å². The molecule has 0 saturated carbocycles. The maximum Gasteiger partial charge on any atom is 0.416 e. The second-order valence-electron chi connectivity index (χ2n) is 8.11. The Labute approximate surface area is 199 Å². The smallest absolute Gasteiger partial charge is 0.416 e. The predicted octanol–water partition coefficient (Wildman–Crippen LogP) is 5.87. The van der Waals surface area contributed by atoms with Crippen LogP contribution in [0.25, 0.3) is 21.0 Å². The molecule has 3 aromatic rings. The van der Waals surface area contributed by atoms with Gasteiger partial charge in [0.05, 0.1) is 22.2 Å². The Balaban J connectivity index is 1.34. The second-order valence-corrected chi connectivity index (χ2v) is 9.11. The lowest BCUT2D eigenvalue weighted by molar-refractivity contribution is -0.137. The van der Waals surface area contributed by atoms with E-state index in [-0.39, 0.29) is 18.6 Å². The maximum atomic E-state index is 12.8. The van der Waals surface area contributed by atoms with E-state index < -0.39 is 11.7 Å². The average Bonchev–Trinajstić information content (AvgIpc) is 3.23. The van der Waals surface area contributed by atoms with E-state index >= 15 is 0 Å². The second kappa shape index (κ2) is 10.6. The van der Waals surface area contributed by atoms with Gasteiger partial charge in [-0.15, -0.1) is 11.3 Å². The van der Waals surface area contributed by atoms with Crippen molar-refractivity contribution in [2.75, 3.05) is 19.8 Å². The average molecular weight is 491 g/mol. The monoisotopic (exact) mass is 490 g/mol. The van der Waals surface area contributed by atoms with Gasteiger partial charge in [-0.2, -0.15) is 13.2 Å². The minimum Gasteiger partial charge on any atom is -0.484 e. The maximum absolute atomic E-state index is 12.8. The topological polar surface area (TPSA) is 60.5 Å². The summed E-state index contributed by atoms with van der Waals surface area (Å²) in [6.07, 6.45) is -1.14. The van der Waals surface area contributed by atoms with Crippen molar-refractivity contribution in [2.45, 2.75) is 38.5 Å². The number of aromatic nitrogens is 1. The van der Waals surface area contributed by atoms with E-state index in [1.807, 2.05) is 19.1 Å².